The zero-order valence-corrected chi connectivity index (χ0v) is 17.6. The van der Waals surface area contributed by atoms with E-state index in [1.54, 1.807) is 53.1 Å². The van der Waals surface area contributed by atoms with E-state index in [0.29, 0.717) is 23.1 Å². The molecule has 0 aliphatic rings. The van der Waals surface area contributed by atoms with Gasteiger partial charge >= 0.3 is 0 Å². The summed E-state index contributed by atoms with van der Waals surface area (Å²) >= 11 is 1.23. The van der Waals surface area contributed by atoms with Crippen LogP contribution in [0.2, 0.25) is 0 Å². The highest BCUT2D eigenvalue weighted by molar-refractivity contribution is 7.99. The second kappa shape index (κ2) is 9.19. The Balaban J connectivity index is 1.77. The summed E-state index contributed by atoms with van der Waals surface area (Å²) in [5, 5.41) is 8.65. The van der Waals surface area contributed by atoms with Crippen LogP contribution in [0.4, 0.5) is 0 Å². The van der Waals surface area contributed by atoms with Crippen molar-refractivity contribution in [3.63, 3.8) is 0 Å². The first-order valence-electron chi connectivity index (χ1n) is 8.94. The van der Waals surface area contributed by atoms with E-state index < -0.39 is 9.84 Å². The van der Waals surface area contributed by atoms with Crippen molar-refractivity contribution in [2.45, 2.75) is 29.3 Å². The van der Waals surface area contributed by atoms with Crippen molar-refractivity contribution in [1.82, 2.24) is 14.8 Å². The largest absolute Gasteiger partial charge is 0.301 e. The maximum atomic E-state index is 12.7. The SMILES string of the molecule is C=CCn1c(CS(=O)(=O)c2ccccc2)nnc1SCC(=O)c1ccc(C)cc1. The minimum absolute atomic E-state index is 0.0263. The van der Waals surface area contributed by atoms with Gasteiger partial charge in [0.05, 0.1) is 10.6 Å². The lowest BCUT2D eigenvalue weighted by atomic mass is 10.1. The van der Waals surface area contributed by atoms with Crippen LogP contribution in [0, 0.1) is 6.92 Å². The predicted molar refractivity (Wildman–Crippen MR) is 114 cm³/mol. The molecule has 0 spiro atoms. The summed E-state index contributed by atoms with van der Waals surface area (Å²) in [4.78, 5) is 12.7. The van der Waals surface area contributed by atoms with E-state index in [-0.39, 0.29) is 22.2 Å². The number of rotatable bonds is 9. The van der Waals surface area contributed by atoms with Crippen molar-refractivity contribution in [3.05, 3.63) is 84.2 Å². The van der Waals surface area contributed by atoms with Gasteiger partial charge in [-0.05, 0) is 19.1 Å². The van der Waals surface area contributed by atoms with Crippen molar-refractivity contribution >= 4 is 27.4 Å². The molecule has 0 aliphatic carbocycles. The first-order chi connectivity index (χ1) is 13.9. The Kier molecular flexibility index (Phi) is 6.66. The van der Waals surface area contributed by atoms with Crippen LogP contribution in [-0.2, 0) is 22.1 Å². The molecule has 0 radical (unpaired) electrons. The van der Waals surface area contributed by atoms with Crippen LogP contribution in [0.5, 0.6) is 0 Å². The Bertz CT molecular complexity index is 1110. The molecular formula is C21H21N3O3S2. The number of hydrogen-bond donors (Lipinski definition) is 0. The molecule has 0 amide bonds. The maximum Gasteiger partial charge on any atom is 0.191 e. The van der Waals surface area contributed by atoms with Gasteiger partial charge in [0.15, 0.2) is 20.8 Å². The average molecular weight is 428 g/mol. The zero-order chi connectivity index (χ0) is 20.9. The van der Waals surface area contributed by atoms with Crippen LogP contribution in [0.15, 0.2) is 77.3 Å². The van der Waals surface area contributed by atoms with Gasteiger partial charge in [0.25, 0.3) is 0 Å². The van der Waals surface area contributed by atoms with Crippen LogP contribution in [-0.4, -0.2) is 34.7 Å². The lowest BCUT2D eigenvalue weighted by molar-refractivity contribution is 0.102. The van der Waals surface area contributed by atoms with E-state index >= 15 is 0 Å². The normalized spacial score (nSPS) is 11.3. The third kappa shape index (κ3) is 5.21. The van der Waals surface area contributed by atoms with Crippen LogP contribution >= 0.6 is 11.8 Å². The molecule has 1 heterocycles. The van der Waals surface area contributed by atoms with Gasteiger partial charge in [0.1, 0.15) is 11.6 Å². The molecule has 3 aromatic rings. The lowest BCUT2D eigenvalue weighted by Gasteiger charge is -2.08. The summed E-state index contributed by atoms with van der Waals surface area (Å²) in [6.45, 7) is 6.04. The molecule has 6 nitrogen and oxygen atoms in total. The average Bonchev–Trinajstić information content (AvgIpc) is 3.08. The van der Waals surface area contributed by atoms with Crippen molar-refractivity contribution in [3.8, 4) is 0 Å². The number of carbonyl (C=O) groups excluding carboxylic acids is 1. The van der Waals surface area contributed by atoms with Gasteiger partial charge in [-0.2, -0.15) is 0 Å². The second-order valence-corrected chi connectivity index (χ2v) is 9.38. The standard InChI is InChI=1S/C21H21N3O3S2/c1-3-13-24-20(15-29(26,27)18-7-5-4-6-8-18)22-23-21(24)28-14-19(25)17-11-9-16(2)10-12-17/h3-12H,1,13-15H2,2H3. The first kappa shape index (κ1) is 21.0. The zero-order valence-electron chi connectivity index (χ0n) is 16.0. The van der Waals surface area contributed by atoms with Crippen LogP contribution < -0.4 is 0 Å². The maximum absolute atomic E-state index is 12.7. The molecule has 0 saturated heterocycles. The quantitative estimate of drug-likeness (QED) is 0.294. The van der Waals surface area contributed by atoms with Gasteiger partial charge < -0.3 is 4.57 Å². The molecule has 0 aliphatic heterocycles. The first-order valence-corrected chi connectivity index (χ1v) is 11.6. The van der Waals surface area contributed by atoms with Gasteiger partial charge in [-0.1, -0.05) is 65.9 Å². The van der Waals surface area contributed by atoms with E-state index in [9.17, 15) is 13.2 Å². The van der Waals surface area contributed by atoms with Crippen molar-refractivity contribution in [2.24, 2.45) is 0 Å². The van der Waals surface area contributed by atoms with Gasteiger partial charge in [0, 0.05) is 12.1 Å². The Morgan fingerprint density at radius 2 is 1.79 bits per heavy atom. The number of Topliss-reactive ketones (excluding diaryl/α,β-unsaturated/α-hetero) is 1. The van der Waals surface area contributed by atoms with Crippen LogP contribution in [0.25, 0.3) is 0 Å². The minimum Gasteiger partial charge on any atom is -0.301 e. The Morgan fingerprint density at radius 1 is 1.10 bits per heavy atom. The van der Waals surface area contributed by atoms with E-state index in [2.05, 4.69) is 16.8 Å². The number of benzene rings is 2. The molecule has 0 unspecified atom stereocenters. The number of sulfone groups is 1. The molecule has 29 heavy (non-hydrogen) atoms. The number of ketones is 1. The Labute approximate surface area is 174 Å². The fourth-order valence-electron chi connectivity index (χ4n) is 2.68. The molecule has 0 atom stereocenters. The molecule has 1 aromatic heterocycles. The van der Waals surface area contributed by atoms with Gasteiger partial charge in [-0.15, -0.1) is 16.8 Å². The summed E-state index contributed by atoms with van der Waals surface area (Å²) in [7, 11) is -3.55. The molecular weight excluding hydrogens is 406 g/mol. The van der Waals surface area contributed by atoms with Crippen molar-refractivity contribution < 1.29 is 13.2 Å². The van der Waals surface area contributed by atoms with E-state index in [0.717, 1.165) is 5.56 Å². The molecule has 3 rings (SSSR count). The highest BCUT2D eigenvalue weighted by atomic mass is 32.2. The fraction of sp³-hybridized carbons (Fsp3) is 0.190. The molecule has 0 saturated carbocycles. The van der Waals surface area contributed by atoms with Gasteiger partial charge in [-0.3, -0.25) is 4.79 Å². The van der Waals surface area contributed by atoms with Crippen molar-refractivity contribution in [2.75, 3.05) is 5.75 Å². The molecule has 150 valence electrons. The van der Waals surface area contributed by atoms with E-state index in [1.807, 2.05) is 19.1 Å². The summed E-state index contributed by atoms with van der Waals surface area (Å²) in [5.74, 6) is 0.203. The topological polar surface area (TPSA) is 81.9 Å². The number of aromatic nitrogens is 3. The lowest BCUT2D eigenvalue weighted by Crippen LogP contribution is -2.12. The smallest absolute Gasteiger partial charge is 0.191 e. The number of thioether (sulfide) groups is 1. The van der Waals surface area contributed by atoms with Crippen molar-refractivity contribution in [1.29, 1.82) is 0 Å². The Morgan fingerprint density at radius 3 is 2.45 bits per heavy atom. The predicted octanol–water partition coefficient (Wildman–Crippen LogP) is 3.72. The summed E-state index contributed by atoms with van der Waals surface area (Å²) in [5.41, 5.74) is 1.72. The molecule has 8 heteroatoms. The van der Waals surface area contributed by atoms with Crippen LogP contribution in [0.3, 0.4) is 0 Å². The monoisotopic (exact) mass is 427 g/mol. The summed E-state index contributed by atoms with van der Waals surface area (Å²) < 4.78 is 27.0. The molecule has 0 fully saturated rings. The van der Waals surface area contributed by atoms with Gasteiger partial charge in [0.2, 0.25) is 0 Å². The summed E-state index contributed by atoms with van der Waals surface area (Å²) in [6.07, 6.45) is 1.65. The third-order valence-corrected chi connectivity index (χ3v) is 6.83. The second-order valence-electron chi connectivity index (χ2n) is 6.45. The number of aryl methyl sites for hydroxylation is 1. The number of hydrogen-bond acceptors (Lipinski definition) is 6. The fourth-order valence-corrected chi connectivity index (χ4v) is 4.83. The summed E-state index contributed by atoms with van der Waals surface area (Å²) in [6, 6.07) is 15.6. The van der Waals surface area contributed by atoms with E-state index in [1.165, 1.54) is 11.8 Å². The number of nitrogens with zero attached hydrogens (tertiary/aromatic N) is 3. The van der Waals surface area contributed by atoms with E-state index in [4.69, 9.17) is 0 Å². The number of allylic oxidation sites excluding steroid dienone is 1. The van der Waals surface area contributed by atoms with Gasteiger partial charge in [-0.25, -0.2) is 8.42 Å². The third-order valence-electron chi connectivity index (χ3n) is 4.23. The number of carbonyl (C=O) groups is 1. The molecule has 0 N–H and O–H groups in total. The Hall–Kier alpha value is -2.71. The highest BCUT2D eigenvalue weighted by Crippen LogP contribution is 2.22. The minimum atomic E-state index is -3.55. The molecule has 2 aromatic carbocycles. The molecule has 0 bridgehead atoms. The van der Waals surface area contributed by atoms with Crippen LogP contribution in [0.1, 0.15) is 21.7 Å². The highest BCUT2D eigenvalue weighted by Gasteiger charge is 2.21.